The Morgan fingerprint density at radius 1 is 0.732 bits per heavy atom. The first kappa shape index (κ1) is 41.9. The quantitative estimate of drug-likeness (QED) is 0.0391. The molecular formula is C33H38O23. The molecule has 3 heterocycles. The fourth-order valence-electron chi connectivity index (χ4n) is 6.10. The number of aliphatic hydroxyl groups is 7. The topological polar surface area (TPSA) is 382 Å². The molecule has 2 aromatic carbocycles. The average Bonchev–Trinajstić information content (AvgIpc) is 3.12. The number of benzene rings is 2. The van der Waals surface area contributed by atoms with E-state index in [0.29, 0.717) is 0 Å². The standard InChI is InChI=1S/C33H38O23/c34-11-3-15-12(16(4-11)53-32-29(48)27(46)25(44)18(55-32)8-50-22(41)6-20(37)38)5-17(31(52-15)10-1-13(35)24(43)14(36)2-10)54-33-30(49)28(47)26(45)19(56-33)9-51-23(42)7-21(39)40/h1-4,17-19,25-36,43-49H,5-9H2,(H,37,38)(H,39,40). The van der Waals surface area contributed by atoms with Crippen LogP contribution >= 0.6 is 0 Å². The molecule has 308 valence electrons. The van der Waals surface area contributed by atoms with Crippen LogP contribution in [0.4, 0.5) is 0 Å². The molecule has 5 rings (SSSR count). The van der Waals surface area contributed by atoms with E-state index in [1.807, 2.05) is 0 Å². The van der Waals surface area contributed by atoms with Crippen molar-refractivity contribution < 1.29 is 114 Å². The van der Waals surface area contributed by atoms with Gasteiger partial charge in [0.25, 0.3) is 5.75 Å². The first-order chi connectivity index (χ1) is 26.3. The summed E-state index contributed by atoms with van der Waals surface area (Å²) in [6.45, 7) is -1.60. The fourth-order valence-corrected chi connectivity index (χ4v) is 6.10. The van der Waals surface area contributed by atoms with Crippen molar-refractivity contribution in [1.82, 2.24) is 0 Å². The Hall–Kier alpha value is -5.24. The number of aliphatic carboxylic acids is 2. The van der Waals surface area contributed by atoms with E-state index >= 15 is 0 Å². The highest BCUT2D eigenvalue weighted by Gasteiger charge is 2.50. The molecule has 12 N–H and O–H groups in total. The van der Waals surface area contributed by atoms with Crippen LogP contribution in [0.25, 0.3) is 0 Å². The zero-order valence-electron chi connectivity index (χ0n) is 28.6. The van der Waals surface area contributed by atoms with Crippen molar-refractivity contribution >= 4 is 23.9 Å². The maximum absolute atomic E-state index is 11.8. The molecule has 56 heavy (non-hydrogen) atoms. The van der Waals surface area contributed by atoms with Gasteiger partial charge in [-0.05, 0) is 12.1 Å². The third-order valence-corrected chi connectivity index (χ3v) is 8.93. The minimum absolute atomic E-state index is 0.0265. The van der Waals surface area contributed by atoms with Gasteiger partial charge in [0.2, 0.25) is 12.4 Å². The van der Waals surface area contributed by atoms with Gasteiger partial charge in [0.15, 0.2) is 29.6 Å². The summed E-state index contributed by atoms with van der Waals surface area (Å²) in [6, 6.07) is 4.19. The van der Waals surface area contributed by atoms with Gasteiger partial charge < -0.3 is 99.2 Å². The molecule has 3 aliphatic heterocycles. The van der Waals surface area contributed by atoms with Crippen LogP contribution in [0.1, 0.15) is 30.1 Å². The Balaban J connectivity index is 1.45. The zero-order chi connectivity index (χ0) is 41.2. The van der Waals surface area contributed by atoms with Gasteiger partial charge in [0.1, 0.15) is 80.0 Å². The van der Waals surface area contributed by atoms with E-state index in [4.69, 9.17) is 33.5 Å². The van der Waals surface area contributed by atoms with Gasteiger partial charge in [0.05, 0.1) is 29.6 Å². The molecule has 2 aromatic rings. The number of hydrogen-bond acceptors (Lipinski definition) is 21. The van der Waals surface area contributed by atoms with E-state index in [1.54, 1.807) is 0 Å². The molecule has 0 aromatic heterocycles. The maximum atomic E-state index is 11.8. The lowest BCUT2D eigenvalue weighted by atomic mass is 9.92. The van der Waals surface area contributed by atoms with Gasteiger partial charge in [-0.25, -0.2) is 0 Å². The van der Waals surface area contributed by atoms with Crippen molar-refractivity contribution in [2.45, 2.75) is 92.9 Å². The summed E-state index contributed by atoms with van der Waals surface area (Å²) in [5.41, 5.74) is 0.0390. The average molecular weight is 803 g/mol. The van der Waals surface area contributed by atoms with E-state index in [2.05, 4.69) is 4.74 Å². The number of rotatable bonds is 13. The first-order valence-electron chi connectivity index (χ1n) is 16.6. The van der Waals surface area contributed by atoms with E-state index in [1.165, 1.54) is 0 Å². The maximum Gasteiger partial charge on any atom is 0.317 e. The van der Waals surface area contributed by atoms with Crippen LogP contribution in [-0.2, 0) is 49.3 Å². The SMILES string of the molecule is O=C([O-])CC(=O)OCC1OC(OC2Cc3c(OC4OC(COC(=O)CC(=O)O)C(O)C(O)C4O)cc(O)cc3[OH+]C2c2cc(O)c(O)c(O)c2)C(O)C(O)C1O. The Bertz CT molecular complexity index is 1760. The molecule has 0 amide bonds. The summed E-state index contributed by atoms with van der Waals surface area (Å²) >= 11 is 0. The van der Waals surface area contributed by atoms with Gasteiger partial charge in [-0.3, -0.25) is 14.4 Å². The second-order valence-corrected chi connectivity index (χ2v) is 12.9. The van der Waals surface area contributed by atoms with E-state index in [0.717, 1.165) is 24.3 Å². The highest BCUT2D eigenvalue weighted by Crippen LogP contribution is 2.48. The molecular weight excluding hydrogens is 764 g/mol. The molecule has 0 bridgehead atoms. The minimum atomic E-state index is -2.00. The van der Waals surface area contributed by atoms with Crippen molar-refractivity contribution in [3.05, 3.63) is 35.4 Å². The normalized spacial score (nSPS) is 31.3. The molecule has 23 heteroatoms. The summed E-state index contributed by atoms with van der Waals surface area (Å²) in [5, 5.41) is 124. The van der Waals surface area contributed by atoms with Crippen molar-refractivity contribution in [3.8, 4) is 34.5 Å². The predicted octanol–water partition coefficient (Wildman–Crippen LogP) is -4.87. The van der Waals surface area contributed by atoms with Crippen LogP contribution in [0.15, 0.2) is 24.3 Å². The highest BCUT2D eigenvalue weighted by atomic mass is 16.7. The summed E-state index contributed by atoms with van der Waals surface area (Å²) in [5.74, 6) is -9.04. The van der Waals surface area contributed by atoms with Gasteiger partial charge in [-0.1, -0.05) is 0 Å². The van der Waals surface area contributed by atoms with E-state index < -0.39 is 147 Å². The summed E-state index contributed by atoms with van der Waals surface area (Å²) < 4.78 is 37.2. The molecule has 2 fully saturated rings. The highest BCUT2D eigenvalue weighted by molar-refractivity contribution is 5.90. The smallest absolute Gasteiger partial charge is 0.317 e. The van der Waals surface area contributed by atoms with Crippen LogP contribution in [0.5, 0.6) is 34.5 Å². The molecule has 0 saturated carbocycles. The van der Waals surface area contributed by atoms with Crippen LogP contribution in [-0.4, -0.2) is 166 Å². The molecule has 0 aliphatic carbocycles. The molecule has 12 atom stereocenters. The lowest BCUT2D eigenvalue weighted by Gasteiger charge is -2.42. The van der Waals surface area contributed by atoms with Gasteiger partial charge >= 0.3 is 17.9 Å². The first-order valence-corrected chi connectivity index (χ1v) is 16.6. The lowest BCUT2D eigenvalue weighted by Crippen LogP contribution is -2.60. The molecule has 12 unspecified atom stereocenters. The number of phenols is 4. The summed E-state index contributed by atoms with van der Waals surface area (Å²) in [7, 11) is 0. The third-order valence-electron chi connectivity index (χ3n) is 8.93. The fraction of sp³-hybridized carbons (Fsp3) is 0.515. The van der Waals surface area contributed by atoms with Gasteiger partial charge in [-0.2, -0.15) is 0 Å². The second-order valence-electron chi connectivity index (χ2n) is 12.9. The van der Waals surface area contributed by atoms with Crippen molar-refractivity contribution in [1.29, 1.82) is 0 Å². The number of ether oxygens (including phenoxy) is 7. The predicted molar refractivity (Wildman–Crippen MR) is 170 cm³/mol. The number of esters is 2. The number of carbonyl (C=O) groups excluding carboxylic acids is 3. The molecule has 0 radical (unpaired) electrons. The van der Waals surface area contributed by atoms with Crippen LogP contribution in [0.2, 0.25) is 0 Å². The Morgan fingerprint density at radius 2 is 1.27 bits per heavy atom. The Labute approximate surface area is 313 Å². The Kier molecular flexibility index (Phi) is 12.9. The third kappa shape index (κ3) is 9.40. The summed E-state index contributed by atoms with van der Waals surface area (Å²) in [6.07, 6.45) is -23.8. The number of aromatic hydroxyl groups is 5. The summed E-state index contributed by atoms with van der Waals surface area (Å²) in [4.78, 5) is 45.1. The number of carboxylic acid groups (broad SMARTS) is 2. The number of carboxylic acids is 2. The Morgan fingerprint density at radius 3 is 1.82 bits per heavy atom. The number of phenolic OH excluding ortho intramolecular Hbond substituents is 4. The van der Waals surface area contributed by atoms with Crippen LogP contribution in [0, 0.1) is 0 Å². The lowest BCUT2D eigenvalue weighted by molar-refractivity contribution is -0.323. The van der Waals surface area contributed by atoms with Crippen molar-refractivity contribution in [2.24, 2.45) is 0 Å². The van der Waals surface area contributed by atoms with Crippen molar-refractivity contribution in [3.63, 3.8) is 0 Å². The number of aliphatic hydroxyl groups excluding tert-OH is 6. The van der Waals surface area contributed by atoms with Crippen LogP contribution < -0.4 is 9.84 Å². The van der Waals surface area contributed by atoms with Crippen LogP contribution in [0.3, 0.4) is 0 Å². The molecule has 2 saturated heterocycles. The van der Waals surface area contributed by atoms with Crippen molar-refractivity contribution in [2.75, 3.05) is 13.2 Å². The number of fused-ring (bicyclic) bond motifs is 1. The van der Waals surface area contributed by atoms with Gasteiger partial charge in [0, 0.05) is 12.5 Å². The minimum Gasteiger partial charge on any atom is -0.575 e. The largest absolute Gasteiger partial charge is 0.575 e. The number of hydrogen-bond donors (Lipinski definition) is 11. The molecule has 3 aliphatic rings. The van der Waals surface area contributed by atoms with E-state index in [-0.39, 0.29) is 29.0 Å². The number of carbonyl (C=O) groups is 4. The zero-order valence-corrected chi connectivity index (χ0v) is 28.6. The molecule has 23 nitrogen and oxygen atoms in total. The molecule has 0 spiro atoms. The monoisotopic (exact) mass is 802 g/mol. The second kappa shape index (κ2) is 17.3. The van der Waals surface area contributed by atoms with E-state index in [9.17, 15) is 75.3 Å². The van der Waals surface area contributed by atoms with Gasteiger partial charge in [-0.15, -0.1) is 0 Å².